The summed E-state index contributed by atoms with van der Waals surface area (Å²) in [5.74, 6) is -0.148. The third-order valence-corrected chi connectivity index (χ3v) is 6.40. The van der Waals surface area contributed by atoms with E-state index in [1.807, 2.05) is 35.7 Å². The summed E-state index contributed by atoms with van der Waals surface area (Å²) in [6.45, 7) is 2.27. The molecule has 3 heterocycles. The number of carbonyl (C=O) groups is 2. The minimum Gasteiger partial charge on any atom is -0.465 e. The number of hydrogen-bond donors (Lipinski definition) is 2. The zero-order valence-corrected chi connectivity index (χ0v) is 16.2. The molecule has 0 atom stereocenters. The molecule has 0 fully saturated rings. The Kier molecular flexibility index (Phi) is 4.67. The maximum absolute atomic E-state index is 11.7. The molecule has 2 aromatic heterocycles. The maximum Gasteiger partial charge on any atom is 0.407 e. The lowest BCUT2D eigenvalue weighted by Gasteiger charge is -2.24. The molecule has 0 radical (unpaired) electrons. The Bertz CT molecular complexity index is 1010. The van der Waals surface area contributed by atoms with Gasteiger partial charge in [0.1, 0.15) is 10.0 Å². The molecular weight excluding hydrogens is 382 g/mol. The first-order chi connectivity index (χ1) is 13.0. The molecule has 3 aromatic rings. The van der Waals surface area contributed by atoms with E-state index in [-0.39, 0.29) is 5.91 Å². The van der Waals surface area contributed by atoms with Crippen molar-refractivity contribution in [2.24, 2.45) is 0 Å². The molecule has 2 N–H and O–H groups in total. The number of thiophene rings is 1. The Hall–Kier alpha value is -2.71. The van der Waals surface area contributed by atoms with E-state index < -0.39 is 6.09 Å². The predicted molar refractivity (Wildman–Crippen MR) is 107 cm³/mol. The molecule has 0 bridgehead atoms. The van der Waals surface area contributed by atoms with Crippen LogP contribution in [0.4, 0.5) is 9.80 Å². The van der Waals surface area contributed by atoms with Crippen LogP contribution in [0.15, 0.2) is 35.7 Å². The largest absolute Gasteiger partial charge is 0.465 e. The summed E-state index contributed by atoms with van der Waals surface area (Å²) >= 11 is 2.98. The number of thiazole rings is 1. The van der Waals surface area contributed by atoms with E-state index >= 15 is 0 Å². The van der Waals surface area contributed by atoms with E-state index in [4.69, 9.17) is 4.98 Å². The van der Waals surface area contributed by atoms with Crippen molar-refractivity contribution < 1.29 is 14.7 Å². The Morgan fingerprint density at radius 2 is 2.04 bits per heavy atom. The highest BCUT2D eigenvalue weighted by Crippen LogP contribution is 2.45. The quantitative estimate of drug-likeness (QED) is 0.678. The molecular formula is C19H17N3O3S2. The minimum atomic E-state index is -0.919. The molecule has 1 aliphatic rings. The molecule has 8 heteroatoms. The van der Waals surface area contributed by atoms with Crippen LogP contribution in [0.1, 0.15) is 17.4 Å². The number of amides is 2. The summed E-state index contributed by atoms with van der Waals surface area (Å²) in [4.78, 5) is 30.2. The fourth-order valence-electron chi connectivity index (χ4n) is 3.17. The Morgan fingerprint density at radius 1 is 1.26 bits per heavy atom. The Balaban J connectivity index is 1.77. The molecule has 6 nitrogen and oxygen atoms in total. The molecule has 0 unspecified atom stereocenters. The van der Waals surface area contributed by atoms with Gasteiger partial charge in [-0.15, -0.1) is 22.7 Å². The highest BCUT2D eigenvalue weighted by Gasteiger charge is 2.28. The molecule has 4 rings (SSSR count). The highest BCUT2D eigenvalue weighted by molar-refractivity contribution is 7.18. The normalized spacial score (nSPS) is 13.3. The van der Waals surface area contributed by atoms with Crippen molar-refractivity contribution in [2.75, 3.05) is 11.9 Å². The molecule has 0 spiro atoms. The first kappa shape index (κ1) is 17.7. The average Bonchev–Trinajstić information content (AvgIpc) is 3.25. The lowest BCUT2D eigenvalue weighted by atomic mass is 10.0. The first-order valence-corrected chi connectivity index (χ1v) is 10.1. The van der Waals surface area contributed by atoms with Gasteiger partial charge in [-0.3, -0.25) is 4.79 Å². The van der Waals surface area contributed by atoms with Crippen LogP contribution >= 0.6 is 22.7 Å². The van der Waals surface area contributed by atoms with Gasteiger partial charge in [-0.1, -0.05) is 30.3 Å². The SMILES string of the molecule is CC(=O)Nc1sc2c(c1-c1nc(-c3ccccc3)cs1)CCN(C(=O)O)C2. The van der Waals surface area contributed by atoms with Gasteiger partial charge < -0.3 is 15.3 Å². The van der Waals surface area contributed by atoms with Crippen molar-refractivity contribution in [3.8, 4) is 21.8 Å². The molecule has 0 saturated carbocycles. The van der Waals surface area contributed by atoms with Gasteiger partial charge in [0.2, 0.25) is 5.91 Å². The Morgan fingerprint density at radius 3 is 2.74 bits per heavy atom. The van der Waals surface area contributed by atoms with Crippen molar-refractivity contribution in [3.05, 3.63) is 46.2 Å². The Labute approximate surface area is 164 Å². The summed E-state index contributed by atoms with van der Waals surface area (Å²) in [5, 5.41) is 15.8. The van der Waals surface area contributed by atoms with E-state index in [0.29, 0.717) is 19.5 Å². The molecule has 0 aliphatic carbocycles. The van der Waals surface area contributed by atoms with Gasteiger partial charge in [0, 0.05) is 34.9 Å². The summed E-state index contributed by atoms with van der Waals surface area (Å²) in [6.07, 6.45) is -0.301. The van der Waals surface area contributed by atoms with Crippen molar-refractivity contribution in [2.45, 2.75) is 19.9 Å². The summed E-state index contributed by atoms with van der Waals surface area (Å²) in [7, 11) is 0. The molecule has 27 heavy (non-hydrogen) atoms. The summed E-state index contributed by atoms with van der Waals surface area (Å²) in [6, 6.07) is 9.95. The summed E-state index contributed by atoms with van der Waals surface area (Å²) < 4.78 is 0. The maximum atomic E-state index is 11.7. The second-order valence-electron chi connectivity index (χ2n) is 6.25. The van der Waals surface area contributed by atoms with Gasteiger partial charge in [-0.2, -0.15) is 0 Å². The molecule has 2 amide bonds. The van der Waals surface area contributed by atoms with Crippen LogP contribution in [0.25, 0.3) is 21.8 Å². The second-order valence-corrected chi connectivity index (χ2v) is 8.21. The van der Waals surface area contributed by atoms with E-state index in [2.05, 4.69) is 5.32 Å². The molecule has 1 aliphatic heterocycles. The number of carbonyl (C=O) groups excluding carboxylic acids is 1. The number of carboxylic acid groups (broad SMARTS) is 1. The van der Waals surface area contributed by atoms with E-state index in [9.17, 15) is 14.7 Å². The van der Waals surface area contributed by atoms with Crippen molar-refractivity contribution in [1.29, 1.82) is 0 Å². The topological polar surface area (TPSA) is 82.5 Å². The van der Waals surface area contributed by atoms with Crippen LogP contribution in [-0.4, -0.2) is 33.5 Å². The van der Waals surface area contributed by atoms with Gasteiger partial charge in [-0.25, -0.2) is 9.78 Å². The number of nitrogens with one attached hydrogen (secondary N) is 1. The zero-order chi connectivity index (χ0) is 19.0. The fraction of sp³-hybridized carbons (Fsp3) is 0.211. The van der Waals surface area contributed by atoms with Crippen molar-refractivity contribution in [3.63, 3.8) is 0 Å². The number of fused-ring (bicyclic) bond motifs is 1. The van der Waals surface area contributed by atoms with Crippen molar-refractivity contribution in [1.82, 2.24) is 9.88 Å². The fourth-order valence-corrected chi connectivity index (χ4v) is 5.45. The van der Waals surface area contributed by atoms with Gasteiger partial charge in [0.25, 0.3) is 0 Å². The zero-order valence-electron chi connectivity index (χ0n) is 14.6. The lowest BCUT2D eigenvalue weighted by Crippen LogP contribution is -2.34. The third-order valence-electron chi connectivity index (χ3n) is 4.40. The molecule has 1 aromatic carbocycles. The van der Waals surface area contributed by atoms with E-state index in [1.165, 1.54) is 34.5 Å². The molecule has 0 saturated heterocycles. The minimum absolute atomic E-state index is 0.148. The predicted octanol–water partition coefficient (Wildman–Crippen LogP) is 4.53. The van der Waals surface area contributed by atoms with Crippen LogP contribution in [0.3, 0.4) is 0 Å². The van der Waals surface area contributed by atoms with Crippen molar-refractivity contribution >= 4 is 39.7 Å². The number of aromatic nitrogens is 1. The van der Waals surface area contributed by atoms with Crippen LogP contribution in [-0.2, 0) is 17.8 Å². The number of anilines is 1. The number of nitrogens with zero attached hydrogens (tertiary/aromatic N) is 2. The van der Waals surface area contributed by atoms with Crippen LogP contribution in [0.5, 0.6) is 0 Å². The monoisotopic (exact) mass is 399 g/mol. The number of rotatable bonds is 3. The highest BCUT2D eigenvalue weighted by atomic mass is 32.1. The lowest BCUT2D eigenvalue weighted by molar-refractivity contribution is -0.114. The average molecular weight is 399 g/mol. The van der Waals surface area contributed by atoms with Gasteiger partial charge in [0.05, 0.1) is 12.2 Å². The number of hydrogen-bond acceptors (Lipinski definition) is 5. The van der Waals surface area contributed by atoms with E-state index in [1.54, 1.807) is 0 Å². The second kappa shape index (κ2) is 7.13. The van der Waals surface area contributed by atoms with Crippen LogP contribution in [0.2, 0.25) is 0 Å². The molecule has 138 valence electrons. The van der Waals surface area contributed by atoms with Gasteiger partial charge in [0.15, 0.2) is 0 Å². The first-order valence-electron chi connectivity index (χ1n) is 8.44. The number of benzene rings is 1. The standard InChI is InChI=1S/C19H17N3O3S2/c1-11(23)20-18-16(13-7-8-22(19(24)25)9-15(13)27-18)17-21-14(10-26-17)12-5-3-2-4-6-12/h2-6,10H,7-9H2,1H3,(H,20,23)(H,24,25). The smallest absolute Gasteiger partial charge is 0.407 e. The van der Waals surface area contributed by atoms with Crippen LogP contribution < -0.4 is 5.32 Å². The van der Waals surface area contributed by atoms with E-state index in [0.717, 1.165) is 37.3 Å². The van der Waals surface area contributed by atoms with Gasteiger partial charge in [-0.05, 0) is 12.0 Å². The van der Waals surface area contributed by atoms with Crippen LogP contribution in [0, 0.1) is 0 Å². The third kappa shape index (κ3) is 3.45. The summed E-state index contributed by atoms with van der Waals surface area (Å²) in [5.41, 5.74) is 3.96. The van der Waals surface area contributed by atoms with Gasteiger partial charge >= 0.3 is 6.09 Å².